The van der Waals surface area contributed by atoms with E-state index in [4.69, 9.17) is 4.42 Å². The molecule has 0 fully saturated rings. The first-order valence-electron chi connectivity index (χ1n) is 24.0. The molecule has 0 unspecified atom stereocenters. The van der Waals surface area contributed by atoms with Gasteiger partial charge < -0.3 is 18.1 Å². The van der Waals surface area contributed by atoms with Gasteiger partial charge in [0.1, 0.15) is 11.2 Å². The molecule has 0 aliphatic rings. The fourth-order valence-corrected chi connectivity index (χ4v) is 11.5. The lowest BCUT2D eigenvalue weighted by Crippen LogP contribution is -1.93. The van der Waals surface area contributed by atoms with Crippen LogP contribution in [0.5, 0.6) is 0 Å². The van der Waals surface area contributed by atoms with E-state index in [0.29, 0.717) is 0 Å². The predicted molar refractivity (Wildman–Crippen MR) is 293 cm³/mol. The first-order chi connectivity index (χ1) is 34.7. The van der Waals surface area contributed by atoms with Crippen molar-refractivity contribution in [2.45, 2.75) is 0 Å². The first-order valence-corrected chi connectivity index (χ1v) is 24.0. The average Bonchev–Trinajstić information content (AvgIpc) is 4.17. The third kappa shape index (κ3) is 5.77. The number of fused-ring (bicyclic) bond motifs is 12. The van der Waals surface area contributed by atoms with Gasteiger partial charge in [0.2, 0.25) is 0 Å². The maximum atomic E-state index is 6.57. The molecule has 0 saturated heterocycles. The molecule has 15 rings (SSSR count). The molecule has 0 spiro atoms. The van der Waals surface area contributed by atoms with Crippen LogP contribution in [0.2, 0.25) is 0 Å². The summed E-state index contributed by atoms with van der Waals surface area (Å²) in [6, 6.07) is 90.4. The summed E-state index contributed by atoms with van der Waals surface area (Å²) in [4.78, 5) is 0. The van der Waals surface area contributed by atoms with E-state index in [9.17, 15) is 0 Å². The Labute approximate surface area is 402 Å². The van der Waals surface area contributed by atoms with Crippen molar-refractivity contribution >= 4 is 87.4 Å². The van der Waals surface area contributed by atoms with Gasteiger partial charge in [-0.1, -0.05) is 140 Å². The summed E-state index contributed by atoms with van der Waals surface area (Å²) < 4.78 is 13.7. The van der Waals surface area contributed by atoms with Crippen LogP contribution in [0, 0.1) is 0 Å². The topological polar surface area (TPSA) is 27.9 Å². The highest BCUT2D eigenvalue weighted by Crippen LogP contribution is 2.42. The first kappa shape index (κ1) is 38.7. The Kier molecular flexibility index (Phi) is 8.33. The molecule has 0 aliphatic carbocycles. The van der Waals surface area contributed by atoms with Gasteiger partial charge in [-0.15, -0.1) is 0 Å². The second-order valence-electron chi connectivity index (χ2n) is 18.5. The van der Waals surface area contributed by atoms with Crippen molar-refractivity contribution in [3.63, 3.8) is 0 Å². The molecule has 0 saturated carbocycles. The summed E-state index contributed by atoms with van der Waals surface area (Å²) in [7, 11) is 0. The minimum Gasteiger partial charge on any atom is -0.456 e. The maximum absolute atomic E-state index is 6.57. The molecule has 326 valence electrons. The zero-order chi connectivity index (χ0) is 45.9. The predicted octanol–water partition coefficient (Wildman–Crippen LogP) is 17.9. The van der Waals surface area contributed by atoms with Crippen LogP contribution in [0.15, 0.2) is 253 Å². The van der Waals surface area contributed by atoms with Crippen molar-refractivity contribution < 1.29 is 4.42 Å². The van der Waals surface area contributed by atoms with Gasteiger partial charge in [0.15, 0.2) is 0 Å². The monoisotopic (exact) mass is 891 g/mol. The van der Waals surface area contributed by atoms with Crippen molar-refractivity contribution in [2.75, 3.05) is 0 Å². The second kappa shape index (κ2) is 15.1. The van der Waals surface area contributed by atoms with Crippen LogP contribution in [0.3, 0.4) is 0 Å². The summed E-state index contributed by atoms with van der Waals surface area (Å²) in [6.07, 6.45) is 0. The molecule has 0 aliphatic heterocycles. The Morgan fingerprint density at radius 2 is 0.557 bits per heavy atom. The normalized spacial score (nSPS) is 12.0. The van der Waals surface area contributed by atoms with Crippen molar-refractivity contribution in [1.29, 1.82) is 0 Å². The van der Waals surface area contributed by atoms with Gasteiger partial charge in [0.05, 0.1) is 33.1 Å². The lowest BCUT2D eigenvalue weighted by atomic mass is 9.93. The summed E-state index contributed by atoms with van der Waals surface area (Å²) >= 11 is 0. The highest BCUT2D eigenvalue weighted by atomic mass is 16.3. The average molecular weight is 892 g/mol. The van der Waals surface area contributed by atoms with Crippen molar-refractivity contribution in [3.05, 3.63) is 249 Å². The van der Waals surface area contributed by atoms with Gasteiger partial charge in [-0.3, -0.25) is 0 Å². The highest BCUT2D eigenvalue weighted by molar-refractivity contribution is 6.14. The Balaban J connectivity index is 0.838. The molecule has 15 aromatic rings. The van der Waals surface area contributed by atoms with Gasteiger partial charge in [0.25, 0.3) is 0 Å². The van der Waals surface area contributed by atoms with Gasteiger partial charge >= 0.3 is 0 Å². The third-order valence-electron chi connectivity index (χ3n) is 14.6. The Hall–Kier alpha value is -9.38. The minimum atomic E-state index is 0.872. The zero-order valence-electron chi connectivity index (χ0n) is 37.9. The number of hydrogen-bond acceptors (Lipinski definition) is 1. The number of furan rings is 1. The fraction of sp³-hybridized carbons (Fsp3) is 0. The SMILES string of the molecule is c1ccc(-n2c3ccccc3c3cc(-c4ccc5c(c4)c4ccccc4n5-c4ccc5oc6ccc(-c7ccccc7-c7ccc8c(c7)c7ccccc7n8-c7ccccc7)cc6c5c4)ccc32)cc1. The number of aromatic nitrogens is 3. The van der Waals surface area contributed by atoms with Gasteiger partial charge in [-0.25, -0.2) is 0 Å². The molecular formula is C66H41N3O. The third-order valence-corrected chi connectivity index (χ3v) is 14.6. The van der Waals surface area contributed by atoms with E-state index >= 15 is 0 Å². The van der Waals surface area contributed by atoms with E-state index in [1.165, 1.54) is 87.7 Å². The molecule has 0 bridgehead atoms. The largest absolute Gasteiger partial charge is 0.456 e. The van der Waals surface area contributed by atoms with Crippen LogP contribution in [0.25, 0.3) is 138 Å². The molecule has 0 radical (unpaired) electrons. The van der Waals surface area contributed by atoms with Gasteiger partial charge in [-0.2, -0.15) is 0 Å². The summed E-state index contributed by atoms with van der Waals surface area (Å²) in [5.41, 5.74) is 19.4. The van der Waals surface area contributed by atoms with Crippen LogP contribution in [0.1, 0.15) is 0 Å². The van der Waals surface area contributed by atoms with Gasteiger partial charge in [0, 0.05) is 60.2 Å². The molecule has 4 nitrogen and oxygen atoms in total. The van der Waals surface area contributed by atoms with Crippen LogP contribution >= 0.6 is 0 Å². The molecule has 4 aromatic heterocycles. The summed E-state index contributed by atoms with van der Waals surface area (Å²) in [5, 5.41) is 9.61. The standard InChI is InChI=1S/C66H41N3O/c1-3-15-46(16-4-1)67-59-24-12-9-21-51(59)54-37-42(27-32-62(54)67)43-28-33-64-55(38-43)52-22-11-14-26-61(52)69(64)48-31-36-66-58(41-48)57-40-45(30-35-65(57)70-66)50-20-8-7-19-49(50)44-29-34-63-56(39-44)53-23-10-13-25-60(53)68(63)47-17-5-2-6-18-47/h1-41H. The highest BCUT2D eigenvalue weighted by Gasteiger charge is 2.19. The molecule has 0 N–H and O–H groups in total. The lowest BCUT2D eigenvalue weighted by molar-refractivity contribution is 0.669. The minimum absolute atomic E-state index is 0.872. The van der Waals surface area contributed by atoms with Crippen LogP contribution < -0.4 is 0 Å². The summed E-state index contributed by atoms with van der Waals surface area (Å²) in [5.74, 6) is 0. The molecule has 4 heteroatoms. The van der Waals surface area contributed by atoms with Crippen LogP contribution in [0.4, 0.5) is 0 Å². The quantitative estimate of drug-likeness (QED) is 0.163. The zero-order valence-corrected chi connectivity index (χ0v) is 37.9. The van der Waals surface area contributed by atoms with E-state index in [2.05, 4.69) is 262 Å². The molecule has 11 aromatic carbocycles. The Morgan fingerprint density at radius 3 is 1.06 bits per heavy atom. The number of rotatable bonds is 6. The van der Waals surface area contributed by atoms with E-state index in [0.717, 1.165) is 50.1 Å². The molecule has 4 heterocycles. The molecule has 0 atom stereocenters. The second-order valence-corrected chi connectivity index (χ2v) is 18.5. The Morgan fingerprint density at radius 1 is 0.214 bits per heavy atom. The van der Waals surface area contributed by atoms with E-state index in [-0.39, 0.29) is 0 Å². The smallest absolute Gasteiger partial charge is 0.135 e. The molecule has 0 amide bonds. The van der Waals surface area contributed by atoms with Crippen LogP contribution in [-0.2, 0) is 0 Å². The van der Waals surface area contributed by atoms with Crippen molar-refractivity contribution in [3.8, 4) is 50.4 Å². The fourth-order valence-electron chi connectivity index (χ4n) is 11.5. The lowest BCUT2D eigenvalue weighted by Gasteiger charge is -2.12. The van der Waals surface area contributed by atoms with E-state index < -0.39 is 0 Å². The number of benzene rings is 11. The van der Waals surface area contributed by atoms with Crippen molar-refractivity contribution in [2.24, 2.45) is 0 Å². The van der Waals surface area contributed by atoms with Crippen molar-refractivity contribution in [1.82, 2.24) is 13.7 Å². The number of nitrogens with zero attached hydrogens (tertiary/aromatic N) is 3. The maximum Gasteiger partial charge on any atom is 0.135 e. The van der Waals surface area contributed by atoms with Crippen LogP contribution in [-0.4, -0.2) is 13.7 Å². The summed E-state index contributed by atoms with van der Waals surface area (Å²) in [6.45, 7) is 0. The molecule has 70 heavy (non-hydrogen) atoms. The molecular weight excluding hydrogens is 851 g/mol. The van der Waals surface area contributed by atoms with Gasteiger partial charge in [-0.05, 0) is 143 Å². The number of hydrogen-bond donors (Lipinski definition) is 0. The number of para-hydroxylation sites is 5. The Bertz CT molecular complexity index is 4580. The van der Waals surface area contributed by atoms with E-state index in [1.54, 1.807) is 0 Å². The van der Waals surface area contributed by atoms with E-state index in [1.807, 2.05) is 0 Å².